The first-order valence-electron chi connectivity index (χ1n) is 6.77. The number of benzene rings is 2. The number of anilines is 2. The van der Waals surface area contributed by atoms with Gasteiger partial charge in [0, 0.05) is 5.69 Å². The van der Waals surface area contributed by atoms with E-state index in [9.17, 15) is 13.6 Å². The normalized spacial score (nSPS) is 10.1. The molecule has 0 saturated carbocycles. The third kappa shape index (κ3) is 4.83. The van der Waals surface area contributed by atoms with Gasteiger partial charge < -0.3 is 15.4 Å². The van der Waals surface area contributed by atoms with Gasteiger partial charge in [-0.1, -0.05) is 23.7 Å². The van der Waals surface area contributed by atoms with Crippen LogP contribution in [-0.4, -0.2) is 19.1 Å². The minimum absolute atomic E-state index is 0.0540. The van der Waals surface area contributed by atoms with Crippen molar-refractivity contribution in [1.29, 1.82) is 5.26 Å². The highest BCUT2D eigenvalue weighted by atomic mass is 35.5. The predicted molar refractivity (Wildman–Crippen MR) is 86.4 cm³/mol. The smallest absolute Gasteiger partial charge is 0.387 e. The Kier molecular flexibility index (Phi) is 5.93. The molecule has 2 aromatic rings. The van der Waals surface area contributed by atoms with Crippen LogP contribution in [0, 0.1) is 11.3 Å². The van der Waals surface area contributed by atoms with Crippen molar-refractivity contribution in [2.75, 3.05) is 17.2 Å². The maximum Gasteiger partial charge on any atom is 0.387 e. The van der Waals surface area contributed by atoms with Gasteiger partial charge in [-0.05, 0) is 30.3 Å². The molecule has 0 fully saturated rings. The molecule has 124 valence electrons. The lowest BCUT2D eigenvalue weighted by molar-refractivity contribution is -0.114. The van der Waals surface area contributed by atoms with Crippen LogP contribution in [0.3, 0.4) is 0 Å². The Hall–Kier alpha value is -2.85. The van der Waals surface area contributed by atoms with E-state index < -0.39 is 12.5 Å². The molecule has 0 aliphatic carbocycles. The van der Waals surface area contributed by atoms with E-state index in [1.165, 1.54) is 30.3 Å². The first-order chi connectivity index (χ1) is 11.5. The molecule has 0 saturated heterocycles. The van der Waals surface area contributed by atoms with E-state index in [2.05, 4.69) is 15.4 Å². The summed E-state index contributed by atoms with van der Waals surface area (Å²) in [6, 6.07) is 12.4. The Morgan fingerprint density at radius 3 is 2.71 bits per heavy atom. The van der Waals surface area contributed by atoms with E-state index in [1.807, 2.05) is 6.07 Å². The highest BCUT2D eigenvalue weighted by molar-refractivity contribution is 6.32. The number of rotatable bonds is 6. The van der Waals surface area contributed by atoms with Gasteiger partial charge in [-0.3, -0.25) is 4.79 Å². The highest BCUT2D eigenvalue weighted by Gasteiger charge is 2.10. The minimum Gasteiger partial charge on any atom is -0.433 e. The molecule has 5 nitrogen and oxygen atoms in total. The van der Waals surface area contributed by atoms with Crippen LogP contribution in [0.1, 0.15) is 5.56 Å². The number of nitrogens with zero attached hydrogens (tertiary/aromatic N) is 1. The maximum atomic E-state index is 12.3. The van der Waals surface area contributed by atoms with Gasteiger partial charge in [-0.2, -0.15) is 14.0 Å². The average molecular weight is 352 g/mol. The lowest BCUT2D eigenvalue weighted by Crippen LogP contribution is -2.22. The van der Waals surface area contributed by atoms with Crippen LogP contribution >= 0.6 is 11.6 Å². The number of nitriles is 1. The van der Waals surface area contributed by atoms with Crippen LogP contribution in [0.5, 0.6) is 5.75 Å². The maximum absolute atomic E-state index is 12.3. The third-order valence-electron chi connectivity index (χ3n) is 2.92. The van der Waals surface area contributed by atoms with Gasteiger partial charge in [-0.25, -0.2) is 0 Å². The summed E-state index contributed by atoms with van der Waals surface area (Å²) in [5, 5.41) is 14.3. The zero-order valence-electron chi connectivity index (χ0n) is 12.2. The number of amides is 1. The standard InChI is InChI=1S/C16H12ClF2N3O2/c17-12-7-11(6-5-10(12)8-20)22-15(23)9-21-13-3-1-2-4-14(13)24-16(18)19/h1-7,16,21H,9H2,(H,22,23). The van der Waals surface area contributed by atoms with Gasteiger partial charge in [-0.15, -0.1) is 0 Å². The van der Waals surface area contributed by atoms with Gasteiger partial charge in [0.1, 0.15) is 11.8 Å². The summed E-state index contributed by atoms with van der Waals surface area (Å²) in [6.45, 7) is -3.12. The fraction of sp³-hybridized carbons (Fsp3) is 0.125. The second-order valence-corrected chi connectivity index (χ2v) is 4.99. The van der Waals surface area contributed by atoms with Gasteiger partial charge in [0.05, 0.1) is 22.8 Å². The molecule has 0 bridgehead atoms. The van der Waals surface area contributed by atoms with Crippen molar-refractivity contribution in [2.45, 2.75) is 6.61 Å². The number of alkyl halides is 2. The van der Waals surface area contributed by atoms with Gasteiger partial charge in [0.15, 0.2) is 0 Å². The summed E-state index contributed by atoms with van der Waals surface area (Å²) >= 11 is 5.88. The highest BCUT2D eigenvalue weighted by Crippen LogP contribution is 2.25. The molecule has 0 aromatic heterocycles. The van der Waals surface area contributed by atoms with E-state index in [4.69, 9.17) is 16.9 Å². The van der Waals surface area contributed by atoms with E-state index in [0.29, 0.717) is 11.3 Å². The summed E-state index contributed by atoms with van der Waals surface area (Å²) in [7, 11) is 0. The number of halogens is 3. The summed E-state index contributed by atoms with van der Waals surface area (Å²) in [5.74, 6) is -0.468. The molecule has 0 spiro atoms. The van der Waals surface area contributed by atoms with Crippen LogP contribution in [0.25, 0.3) is 0 Å². The van der Waals surface area contributed by atoms with E-state index >= 15 is 0 Å². The Morgan fingerprint density at radius 2 is 2.04 bits per heavy atom. The third-order valence-corrected chi connectivity index (χ3v) is 3.23. The SMILES string of the molecule is N#Cc1ccc(NC(=O)CNc2ccccc2OC(F)F)cc1Cl. The van der Waals surface area contributed by atoms with E-state index in [1.54, 1.807) is 12.1 Å². The number of para-hydroxylation sites is 2. The van der Waals surface area contributed by atoms with Crippen molar-refractivity contribution in [3.05, 3.63) is 53.1 Å². The van der Waals surface area contributed by atoms with Crippen molar-refractivity contribution >= 4 is 28.9 Å². The molecule has 0 aliphatic rings. The van der Waals surface area contributed by atoms with Gasteiger partial charge in [0.25, 0.3) is 0 Å². The average Bonchev–Trinajstić information content (AvgIpc) is 2.54. The van der Waals surface area contributed by atoms with Gasteiger partial charge in [0.2, 0.25) is 5.91 Å². The molecule has 8 heteroatoms. The predicted octanol–water partition coefficient (Wildman–Crippen LogP) is 3.86. The molecule has 2 aromatic carbocycles. The Morgan fingerprint density at radius 1 is 1.29 bits per heavy atom. The van der Waals surface area contributed by atoms with Crippen LogP contribution < -0.4 is 15.4 Å². The number of nitrogens with one attached hydrogen (secondary N) is 2. The van der Waals surface area contributed by atoms with E-state index in [-0.39, 0.29) is 23.0 Å². The topological polar surface area (TPSA) is 74.2 Å². The fourth-order valence-corrected chi connectivity index (χ4v) is 2.10. The van der Waals surface area contributed by atoms with Crippen molar-refractivity contribution in [2.24, 2.45) is 0 Å². The van der Waals surface area contributed by atoms with Crippen molar-refractivity contribution in [3.63, 3.8) is 0 Å². The Bertz CT molecular complexity index is 778. The monoisotopic (exact) mass is 351 g/mol. The molecule has 0 aliphatic heterocycles. The zero-order valence-corrected chi connectivity index (χ0v) is 13.0. The number of hydrogen-bond acceptors (Lipinski definition) is 4. The van der Waals surface area contributed by atoms with Crippen molar-refractivity contribution < 1.29 is 18.3 Å². The molecule has 0 radical (unpaired) electrons. The molecule has 1 amide bonds. The second-order valence-electron chi connectivity index (χ2n) is 4.58. The molecular formula is C16H12ClF2N3O2. The lowest BCUT2D eigenvalue weighted by atomic mass is 10.2. The molecular weight excluding hydrogens is 340 g/mol. The van der Waals surface area contributed by atoms with Gasteiger partial charge >= 0.3 is 6.61 Å². The summed E-state index contributed by atoms with van der Waals surface area (Å²) in [6.07, 6.45) is 0. The lowest BCUT2D eigenvalue weighted by Gasteiger charge is -2.12. The molecule has 0 heterocycles. The van der Waals surface area contributed by atoms with Crippen LogP contribution in [-0.2, 0) is 4.79 Å². The first kappa shape index (κ1) is 17.5. The number of carbonyl (C=O) groups is 1. The fourth-order valence-electron chi connectivity index (χ4n) is 1.88. The number of hydrogen-bond donors (Lipinski definition) is 2. The summed E-state index contributed by atoms with van der Waals surface area (Å²) < 4.78 is 29.0. The Labute approximate surface area is 141 Å². The zero-order chi connectivity index (χ0) is 17.5. The molecule has 24 heavy (non-hydrogen) atoms. The number of ether oxygens (including phenoxy) is 1. The van der Waals surface area contributed by atoms with Crippen LogP contribution in [0.15, 0.2) is 42.5 Å². The molecule has 2 rings (SSSR count). The van der Waals surface area contributed by atoms with Crippen molar-refractivity contribution in [3.8, 4) is 11.8 Å². The van der Waals surface area contributed by atoms with Crippen LogP contribution in [0.2, 0.25) is 5.02 Å². The Balaban J connectivity index is 1.97. The van der Waals surface area contributed by atoms with Crippen molar-refractivity contribution in [1.82, 2.24) is 0 Å². The first-order valence-corrected chi connectivity index (χ1v) is 7.14. The molecule has 0 atom stereocenters. The molecule has 0 unspecified atom stereocenters. The largest absolute Gasteiger partial charge is 0.433 e. The quantitative estimate of drug-likeness (QED) is 0.828. The van der Waals surface area contributed by atoms with E-state index in [0.717, 1.165) is 0 Å². The van der Waals surface area contributed by atoms with Crippen LogP contribution in [0.4, 0.5) is 20.2 Å². The summed E-state index contributed by atoms with van der Waals surface area (Å²) in [4.78, 5) is 11.9. The second kappa shape index (κ2) is 8.13. The number of carbonyl (C=O) groups excluding carboxylic acids is 1. The molecule has 2 N–H and O–H groups in total. The minimum atomic E-state index is -2.96. The summed E-state index contributed by atoms with van der Waals surface area (Å²) in [5.41, 5.74) is 0.986.